The van der Waals surface area contributed by atoms with Gasteiger partial charge in [-0.2, -0.15) is 5.10 Å². The van der Waals surface area contributed by atoms with E-state index in [2.05, 4.69) is 11.7 Å². The van der Waals surface area contributed by atoms with Crippen molar-refractivity contribution in [1.82, 2.24) is 14.7 Å². The van der Waals surface area contributed by atoms with Crippen LogP contribution in [0.3, 0.4) is 0 Å². The molecule has 0 spiro atoms. The van der Waals surface area contributed by atoms with Crippen LogP contribution in [-0.2, 0) is 20.8 Å². The third-order valence-electron chi connectivity index (χ3n) is 3.55. The second-order valence-electron chi connectivity index (χ2n) is 5.32. The fourth-order valence-corrected chi connectivity index (χ4v) is 2.37. The van der Waals surface area contributed by atoms with Crippen LogP contribution in [0.4, 0.5) is 0 Å². The fourth-order valence-electron chi connectivity index (χ4n) is 2.37. The van der Waals surface area contributed by atoms with Gasteiger partial charge in [-0.05, 0) is 13.0 Å². The van der Waals surface area contributed by atoms with Crippen LogP contribution in [0.15, 0.2) is 23.5 Å². The van der Waals surface area contributed by atoms with Gasteiger partial charge in [-0.25, -0.2) is 0 Å². The quantitative estimate of drug-likeness (QED) is 0.345. The standard InChI is InChI=1S/C16H23N3O6/c1-4-5-18-6-7-19-14(16(18)21)15(13(20)10-17-19)25-11-24-12(2)23-9-8-22-3/h10H,2,4-9,11H2,1,3H3. The predicted octanol–water partition coefficient (Wildman–Crippen LogP) is 0.596. The maximum absolute atomic E-state index is 12.6. The molecule has 1 aliphatic rings. The second-order valence-corrected chi connectivity index (χ2v) is 5.32. The first-order chi connectivity index (χ1) is 12.1. The van der Waals surface area contributed by atoms with Crippen molar-refractivity contribution < 1.29 is 23.7 Å². The van der Waals surface area contributed by atoms with Gasteiger partial charge in [0.05, 0.1) is 19.3 Å². The lowest BCUT2D eigenvalue weighted by Crippen LogP contribution is -2.43. The van der Waals surface area contributed by atoms with E-state index in [1.54, 1.807) is 12.0 Å². The molecule has 25 heavy (non-hydrogen) atoms. The average Bonchev–Trinajstić information content (AvgIpc) is 2.59. The monoisotopic (exact) mass is 353 g/mol. The molecule has 0 unspecified atom stereocenters. The highest BCUT2D eigenvalue weighted by molar-refractivity contribution is 5.95. The minimum absolute atomic E-state index is 0.0408. The van der Waals surface area contributed by atoms with E-state index < -0.39 is 5.43 Å². The van der Waals surface area contributed by atoms with Gasteiger partial charge in [0.2, 0.25) is 18.0 Å². The summed E-state index contributed by atoms with van der Waals surface area (Å²) in [6, 6.07) is 0. The maximum atomic E-state index is 12.6. The molecule has 0 aliphatic carbocycles. The van der Waals surface area contributed by atoms with Crippen molar-refractivity contribution in [2.75, 3.05) is 40.2 Å². The van der Waals surface area contributed by atoms with Crippen LogP contribution in [0.5, 0.6) is 5.75 Å². The van der Waals surface area contributed by atoms with Crippen LogP contribution in [0, 0.1) is 0 Å². The molecule has 0 bridgehead atoms. The van der Waals surface area contributed by atoms with Gasteiger partial charge in [-0.15, -0.1) is 0 Å². The number of ether oxygens (including phenoxy) is 4. The molecule has 138 valence electrons. The van der Waals surface area contributed by atoms with Crippen molar-refractivity contribution in [2.45, 2.75) is 19.9 Å². The van der Waals surface area contributed by atoms with Crippen LogP contribution in [-0.4, -0.2) is 60.8 Å². The van der Waals surface area contributed by atoms with Crippen LogP contribution in [0.2, 0.25) is 0 Å². The zero-order chi connectivity index (χ0) is 18.2. The van der Waals surface area contributed by atoms with Gasteiger partial charge in [-0.3, -0.25) is 14.3 Å². The number of amides is 1. The summed E-state index contributed by atoms with van der Waals surface area (Å²) in [5.74, 6) is -0.312. The zero-order valence-corrected chi connectivity index (χ0v) is 14.5. The number of carbonyl (C=O) groups excluding carboxylic acids is 1. The molecule has 1 amide bonds. The third-order valence-corrected chi connectivity index (χ3v) is 3.55. The SMILES string of the molecule is C=C(OCCOC)OCOc1c2n(ncc1=O)CCN(CCC)C2=O. The topological polar surface area (TPSA) is 92.1 Å². The molecule has 0 saturated heterocycles. The van der Waals surface area contributed by atoms with Crippen LogP contribution >= 0.6 is 0 Å². The zero-order valence-electron chi connectivity index (χ0n) is 14.5. The number of hydrogen-bond donors (Lipinski definition) is 0. The molecule has 2 heterocycles. The number of carbonyl (C=O) groups is 1. The molecular weight excluding hydrogens is 330 g/mol. The summed E-state index contributed by atoms with van der Waals surface area (Å²) >= 11 is 0. The van der Waals surface area contributed by atoms with Crippen molar-refractivity contribution in [3.8, 4) is 5.75 Å². The van der Waals surface area contributed by atoms with Crippen molar-refractivity contribution in [1.29, 1.82) is 0 Å². The van der Waals surface area contributed by atoms with Crippen LogP contribution in [0.25, 0.3) is 0 Å². The summed E-state index contributed by atoms with van der Waals surface area (Å²) in [7, 11) is 1.55. The first-order valence-corrected chi connectivity index (χ1v) is 8.04. The first-order valence-electron chi connectivity index (χ1n) is 8.04. The molecule has 1 aromatic heterocycles. The maximum Gasteiger partial charge on any atom is 0.276 e. The molecule has 9 nitrogen and oxygen atoms in total. The van der Waals surface area contributed by atoms with E-state index in [9.17, 15) is 9.59 Å². The number of methoxy groups -OCH3 is 1. The van der Waals surface area contributed by atoms with Gasteiger partial charge in [0.15, 0.2) is 5.69 Å². The van der Waals surface area contributed by atoms with E-state index in [0.717, 1.165) is 12.6 Å². The van der Waals surface area contributed by atoms with Crippen molar-refractivity contribution >= 4 is 5.91 Å². The molecule has 0 atom stereocenters. The van der Waals surface area contributed by atoms with E-state index in [0.29, 0.717) is 26.2 Å². The van der Waals surface area contributed by atoms with Crippen molar-refractivity contribution in [3.05, 3.63) is 34.6 Å². The Morgan fingerprint density at radius 2 is 2.08 bits per heavy atom. The lowest BCUT2D eigenvalue weighted by Gasteiger charge is -2.29. The van der Waals surface area contributed by atoms with Gasteiger partial charge in [0.1, 0.15) is 6.61 Å². The molecule has 2 rings (SSSR count). The third kappa shape index (κ3) is 4.72. The molecule has 1 aromatic rings. The highest BCUT2D eigenvalue weighted by atomic mass is 16.7. The van der Waals surface area contributed by atoms with Gasteiger partial charge >= 0.3 is 0 Å². The fraction of sp³-hybridized carbons (Fsp3) is 0.562. The lowest BCUT2D eigenvalue weighted by molar-refractivity contribution is -0.0357. The van der Waals surface area contributed by atoms with Crippen LogP contribution < -0.4 is 10.2 Å². The minimum atomic E-state index is -0.479. The Balaban J connectivity index is 2.05. The van der Waals surface area contributed by atoms with E-state index in [4.69, 9.17) is 18.9 Å². The summed E-state index contributed by atoms with van der Waals surface area (Å²) < 4.78 is 22.0. The van der Waals surface area contributed by atoms with E-state index in [-0.39, 0.29) is 36.7 Å². The molecule has 0 fully saturated rings. The van der Waals surface area contributed by atoms with Gasteiger partial charge in [0.25, 0.3) is 11.9 Å². The number of nitrogens with zero attached hydrogens (tertiary/aromatic N) is 3. The van der Waals surface area contributed by atoms with Crippen LogP contribution in [0.1, 0.15) is 23.8 Å². The van der Waals surface area contributed by atoms with E-state index in [1.807, 2.05) is 6.92 Å². The Bertz CT molecular complexity index is 672. The number of aromatic nitrogens is 2. The Morgan fingerprint density at radius 1 is 1.28 bits per heavy atom. The molecule has 0 radical (unpaired) electrons. The van der Waals surface area contributed by atoms with Gasteiger partial charge < -0.3 is 23.8 Å². The Hall–Kier alpha value is -2.55. The Morgan fingerprint density at radius 3 is 2.80 bits per heavy atom. The van der Waals surface area contributed by atoms with Gasteiger partial charge in [0, 0.05) is 20.2 Å². The van der Waals surface area contributed by atoms with Crippen molar-refractivity contribution in [3.63, 3.8) is 0 Å². The summed E-state index contributed by atoms with van der Waals surface area (Å²) in [5, 5.41) is 4.00. The highest BCUT2D eigenvalue weighted by Crippen LogP contribution is 2.19. The highest BCUT2D eigenvalue weighted by Gasteiger charge is 2.29. The average molecular weight is 353 g/mol. The molecule has 0 saturated carbocycles. The van der Waals surface area contributed by atoms with E-state index >= 15 is 0 Å². The summed E-state index contributed by atoms with van der Waals surface area (Å²) in [6.45, 7) is 7.59. The Kier molecular flexibility index (Phi) is 6.81. The van der Waals surface area contributed by atoms with Gasteiger partial charge in [-0.1, -0.05) is 6.92 Å². The summed E-state index contributed by atoms with van der Waals surface area (Å²) in [6.07, 6.45) is 1.96. The normalized spacial score (nSPS) is 13.4. The second kappa shape index (κ2) is 9.07. The first kappa shape index (κ1) is 18.8. The lowest BCUT2D eigenvalue weighted by atomic mass is 10.2. The number of fused-ring (bicyclic) bond motifs is 1. The molecule has 9 heteroatoms. The minimum Gasteiger partial charge on any atom is -0.463 e. The van der Waals surface area contributed by atoms with Crippen molar-refractivity contribution in [2.24, 2.45) is 0 Å². The largest absolute Gasteiger partial charge is 0.463 e. The summed E-state index contributed by atoms with van der Waals surface area (Å²) in [4.78, 5) is 26.4. The molecular formula is C16H23N3O6. The Labute approximate surface area is 145 Å². The number of hydrogen-bond acceptors (Lipinski definition) is 7. The number of rotatable bonds is 10. The molecule has 0 N–H and O–H groups in total. The summed E-state index contributed by atoms with van der Waals surface area (Å²) in [5.41, 5.74) is -0.339. The smallest absolute Gasteiger partial charge is 0.276 e. The predicted molar refractivity (Wildman–Crippen MR) is 88.2 cm³/mol. The van der Waals surface area contributed by atoms with E-state index in [1.165, 1.54) is 4.68 Å². The molecule has 0 aromatic carbocycles. The molecule has 1 aliphatic heterocycles.